The van der Waals surface area contributed by atoms with Crippen LogP contribution in [0.5, 0.6) is 0 Å². The van der Waals surface area contributed by atoms with Crippen molar-refractivity contribution in [1.29, 1.82) is 0 Å². The first-order valence-electron chi connectivity index (χ1n) is 8.39. The molecule has 0 amide bonds. The number of rotatable bonds is 10. The monoisotopic (exact) mass is 319 g/mol. The molecule has 0 heterocycles. The molecule has 2 N–H and O–H groups in total. The number of nitrogens with zero attached hydrogens (tertiary/aromatic N) is 1. The fourth-order valence-electron chi connectivity index (χ4n) is 2.87. The van der Waals surface area contributed by atoms with Crippen molar-refractivity contribution in [3.05, 3.63) is 0 Å². The van der Waals surface area contributed by atoms with Crippen LogP contribution in [0.15, 0.2) is 0 Å². The van der Waals surface area contributed by atoms with Crippen LogP contribution in [-0.2, 0) is 10.2 Å². The summed E-state index contributed by atoms with van der Waals surface area (Å²) in [5, 5.41) is 3.29. The van der Waals surface area contributed by atoms with E-state index < -0.39 is 10.2 Å². The van der Waals surface area contributed by atoms with Gasteiger partial charge in [-0.25, -0.2) is 4.72 Å². The highest BCUT2D eigenvalue weighted by atomic mass is 32.2. The largest absolute Gasteiger partial charge is 0.317 e. The molecule has 0 bridgehead atoms. The molecular weight excluding hydrogens is 286 g/mol. The SMILES string of the molecule is CCCNCCCN(C)S(=O)(=O)NCC1CCCCC1C. The van der Waals surface area contributed by atoms with Crippen molar-refractivity contribution in [3.63, 3.8) is 0 Å². The zero-order valence-corrected chi connectivity index (χ0v) is 14.7. The Kier molecular flexibility index (Phi) is 8.78. The Morgan fingerprint density at radius 2 is 1.90 bits per heavy atom. The van der Waals surface area contributed by atoms with Crippen LogP contribution in [0.25, 0.3) is 0 Å². The Bertz CT molecular complexity index is 373. The maximum absolute atomic E-state index is 12.2. The first-order valence-corrected chi connectivity index (χ1v) is 9.83. The lowest BCUT2D eigenvalue weighted by Crippen LogP contribution is -2.42. The lowest BCUT2D eigenvalue weighted by atomic mass is 9.81. The van der Waals surface area contributed by atoms with Gasteiger partial charge in [-0.3, -0.25) is 0 Å². The van der Waals surface area contributed by atoms with E-state index in [4.69, 9.17) is 0 Å². The highest BCUT2D eigenvalue weighted by molar-refractivity contribution is 7.87. The summed E-state index contributed by atoms with van der Waals surface area (Å²) in [7, 11) is -1.66. The fraction of sp³-hybridized carbons (Fsp3) is 1.00. The third-order valence-electron chi connectivity index (χ3n) is 4.48. The molecule has 0 aromatic carbocycles. The average Bonchev–Trinajstić information content (AvgIpc) is 2.46. The third-order valence-corrected chi connectivity index (χ3v) is 6.02. The van der Waals surface area contributed by atoms with Gasteiger partial charge in [0.25, 0.3) is 10.2 Å². The van der Waals surface area contributed by atoms with Crippen LogP contribution < -0.4 is 10.0 Å². The highest BCUT2D eigenvalue weighted by Crippen LogP contribution is 2.28. The van der Waals surface area contributed by atoms with Crippen molar-refractivity contribution in [2.45, 2.75) is 52.4 Å². The molecule has 1 rings (SSSR count). The molecule has 1 fully saturated rings. The second kappa shape index (κ2) is 9.77. The maximum atomic E-state index is 12.2. The molecule has 126 valence electrons. The van der Waals surface area contributed by atoms with Crippen LogP contribution in [0.3, 0.4) is 0 Å². The molecule has 0 aromatic heterocycles. The molecule has 2 unspecified atom stereocenters. The van der Waals surface area contributed by atoms with Crippen LogP contribution in [0, 0.1) is 11.8 Å². The lowest BCUT2D eigenvalue weighted by Gasteiger charge is -2.29. The van der Waals surface area contributed by atoms with E-state index in [0.29, 0.717) is 24.9 Å². The van der Waals surface area contributed by atoms with Crippen LogP contribution in [0.1, 0.15) is 52.4 Å². The van der Waals surface area contributed by atoms with E-state index >= 15 is 0 Å². The lowest BCUT2D eigenvalue weighted by molar-refractivity contribution is 0.256. The van der Waals surface area contributed by atoms with E-state index in [-0.39, 0.29) is 0 Å². The molecule has 5 nitrogen and oxygen atoms in total. The van der Waals surface area contributed by atoms with Gasteiger partial charge in [0.1, 0.15) is 0 Å². The maximum Gasteiger partial charge on any atom is 0.279 e. The van der Waals surface area contributed by atoms with Crippen LogP contribution in [-0.4, -0.2) is 45.9 Å². The summed E-state index contributed by atoms with van der Waals surface area (Å²) in [6.45, 7) is 7.37. The number of nitrogens with one attached hydrogen (secondary N) is 2. The molecule has 1 aliphatic carbocycles. The Morgan fingerprint density at radius 3 is 2.57 bits per heavy atom. The minimum atomic E-state index is -3.32. The Balaban J connectivity index is 2.27. The molecule has 0 spiro atoms. The van der Waals surface area contributed by atoms with Gasteiger partial charge in [-0.1, -0.05) is 33.1 Å². The summed E-state index contributed by atoms with van der Waals surface area (Å²) in [5.41, 5.74) is 0. The van der Waals surface area contributed by atoms with Crippen LogP contribution >= 0.6 is 0 Å². The Labute approximate surface area is 131 Å². The van der Waals surface area contributed by atoms with Gasteiger partial charge in [-0.05, 0) is 44.2 Å². The minimum Gasteiger partial charge on any atom is -0.317 e. The van der Waals surface area contributed by atoms with Gasteiger partial charge in [-0.15, -0.1) is 0 Å². The smallest absolute Gasteiger partial charge is 0.279 e. The zero-order valence-electron chi connectivity index (χ0n) is 13.9. The van der Waals surface area contributed by atoms with Crippen LogP contribution in [0.4, 0.5) is 0 Å². The number of hydrogen-bond acceptors (Lipinski definition) is 3. The predicted molar refractivity (Wildman–Crippen MR) is 88.5 cm³/mol. The van der Waals surface area contributed by atoms with Gasteiger partial charge in [0.15, 0.2) is 0 Å². The second-order valence-corrected chi connectivity index (χ2v) is 8.16. The molecule has 21 heavy (non-hydrogen) atoms. The summed E-state index contributed by atoms with van der Waals surface area (Å²) in [6, 6.07) is 0. The van der Waals surface area contributed by atoms with Crippen molar-refractivity contribution in [1.82, 2.24) is 14.3 Å². The van der Waals surface area contributed by atoms with E-state index in [0.717, 1.165) is 32.4 Å². The summed E-state index contributed by atoms with van der Waals surface area (Å²) >= 11 is 0. The first kappa shape index (κ1) is 18.9. The van der Waals surface area contributed by atoms with Crippen molar-refractivity contribution in [3.8, 4) is 0 Å². The zero-order chi connectivity index (χ0) is 15.7. The first-order chi connectivity index (χ1) is 9.97. The Morgan fingerprint density at radius 1 is 1.19 bits per heavy atom. The normalized spacial score (nSPS) is 23.6. The van der Waals surface area contributed by atoms with E-state index in [2.05, 4.69) is 23.9 Å². The molecule has 1 aliphatic rings. The second-order valence-electron chi connectivity index (χ2n) is 6.30. The molecule has 1 saturated carbocycles. The van der Waals surface area contributed by atoms with Crippen molar-refractivity contribution >= 4 is 10.2 Å². The van der Waals surface area contributed by atoms with Gasteiger partial charge in [0.2, 0.25) is 0 Å². The van der Waals surface area contributed by atoms with E-state index in [1.54, 1.807) is 7.05 Å². The molecule has 6 heteroatoms. The molecule has 0 aliphatic heterocycles. The molecular formula is C15H33N3O2S. The average molecular weight is 320 g/mol. The van der Waals surface area contributed by atoms with E-state index in [1.165, 1.54) is 23.6 Å². The quantitative estimate of drug-likeness (QED) is 0.605. The summed E-state index contributed by atoms with van der Waals surface area (Å²) in [5.74, 6) is 1.12. The fourth-order valence-corrected chi connectivity index (χ4v) is 3.88. The van der Waals surface area contributed by atoms with Crippen molar-refractivity contribution in [2.24, 2.45) is 11.8 Å². The van der Waals surface area contributed by atoms with Gasteiger partial charge in [-0.2, -0.15) is 12.7 Å². The van der Waals surface area contributed by atoms with Gasteiger partial charge < -0.3 is 5.32 Å². The predicted octanol–water partition coefficient (Wildman–Crippen LogP) is 1.97. The topological polar surface area (TPSA) is 61.4 Å². The summed E-state index contributed by atoms with van der Waals surface area (Å²) < 4.78 is 28.6. The summed E-state index contributed by atoms with van der Waals surface area (Å²) in [4.78, 5) is 0. The standard InChI is InChI=1S/C15H33N3O2S/c1-4-10-16-11-7-12-18(3)21(19,20)17-13-15-9-6-5-8-14(15)2/h14-17H,4-13H2,1-3H3. The summed E-state index contributed by atoms with van der Waals surface area (Å²) in [6.07, 6.45) is 6.84. The van der Waals surface area contributed by atoms with E-state index in [1.807, 2.05) is 0 Å². The van der Waals surface area contributed by atoms with Gasteiger partial charge >= 0.3 is 0 Å². The van der Waals surface area contributed by atoms with Gasteiger partial charge in [0, 0.05) is 20.1 Å². The highest BCUT2D eigenvalue weighted by Gasteiger charge is 2.24. The third kappa shape index (κ3) is 7.08. The molecule has 0 saturated heterocycles. The molecule has 0 radical (unpaired) electrons. The molecule has 2 atom stereocenters. The molecule has 0 aromatic rings. The Hall–Kier alpha value is -0.170. The van der Waals surface area contributed by atoms with Crippen molar-refractivity contribution in [2.75, 3.05) is 33.2 Å². The number of hydrogen-bond donors (Lipinski definition) is 2. The van der Waals surface area contributed by atoms with Gasteiger partial charge in [0.05, 0.1) is 0 Å². The minimum absolute atomic E-state index is 0.494. The van der Waals surface area contributed by atoms with Crippen molar-refractivity contribution < 1.29 is 8.42 Å². The van der Waals surface area contributed by atoms with E-state index in [9.17, 15) is 8.42 Å². The van der Waals surface area contributed by atoms with Crippen LogP contribution in [0.2, 0.25) is 0 Å².